The SMILES string of the molecule is COc1cc(N)c(Cl)cc1C(=O)NCC(C)COCc1ccccc1. The zero-order valence-corrected chi connectivity index (χ0v) is 15.2. The predicted octanol–water partition coefficient (Wildman–Crippen LogP) is 3.51. The number of halogens is 1. The van der Waals surface area contributed by atoms with Crippen LogP contribution in [0, 0.1) is 5.92 Å². The molecule has 0 spiro atoms. The van der Waals surface area contributed by atoms with Crippen molar-refractivity contribution < 1.29 is 14.3 Å². The first kappa shape index (κ1) is 19.1. The Labute approximate surface area is 153 Å². The van der Waals surface area contributed by atoms with Crippen molar-refractivity contribution in [1.82, 2.24) is 5.32 Å². The van der Waals surface area contributed by atoms with Gasteiger partial charge >= 0.3 is 0 Å². The fourth-order valence-corrected chi connectivity index (χ4v) is 2.45. The minimum atomic E-state index is -0.256. The second kappa shape index (κ2) is 9.30. The number of anilines is 1. The number of carbonyl (C=O) groups excluding carboxylic acids is 1. The van der Waals surface area contributed by atoms with Crippen molar-refractivity contribution in [1.29, 1.82) is 0 Å². The molecule has 6 heteroatoms. The molecular formula is C19H23ClN2O3. The molecule has 1 amide bonds. The van der Waals surface area contributed by atoms with Crippen LogP contribution in [0.2, 0.25) is 5.02 Å². The molecule has 25 heavy (non-hydrogen) atoms. The maximum atomic E-state index is 12.4. The second-order valence-electron chi connectivity index (χ2n) is 5.89. The number of carbonyl (C=O) groups is 1. The number of nitrogen functional groups attached to an aromatic ring is 1. The number of hydrogen-bond donors (Lipinski definition) is 2. The van der Waals surface area contributed by atoms with Crippen LogP contribution < -0.4 is 15.8 Å². The van der Waals surface area contributed by atoms with Crippen molar-refractivity contribution in [2.75, 3.05) is 26.0 Å². The van der Waals surface area contributed by atoms with E-state index in [1.807, 2.05) is 37.3 Å². The molecule has 134 valence electrons. The molecule has 1 atom stereocenters. The smallest absolute Gasteiger partial charge is 0.255 e. The van der Waals surface area contributed by atoms with Crippen LogP contribution in [0.1, 0.15) is 22.8 Å². The minimum Gasteiger partial charge on any atom is -0.496 e. The first-order chi connectivity index (χ1) is 12.0. The number of ether oxygens (including phenoxy) is 2. The monoisotopic (exact) mass is 362 g/mol. The van der Waals surface area contributed by atoms with Gasteiger partial charge in [0.25, 0.3) is 5.91 Å². The van der Waals surface area contributed by atoms with Gasteiger partial charge in [0.05, 0.1) is 36.6 Å². The normalized spacial score (nSPS) is 11.8. The fourth-order valence-electron chi connectivity index (χ4n) is 2.29. The number of nitrogens with two attached hydrogens (primary N) is 1. The van der Waals surface area contributed by atoms with Gasteiger partial charge in [-0.2, -0.15) is 0 Å². The Bertz CT molecular complexity index is 707. The average molecular weight is 363 g/mol. The number of nitrogens with one attached hydrogen (secondary N) is 1. The Morgan fingerprint density at radius 3 is 2.68 bits per heavy atom. The van der Waals surface area contributed by atoms with E-state index >= 15 is 0 Å². The molecule has 0 heterocycles. The molecule has 0 aliphatic rings. The maximum absolute atomic E-state index is 12.4. The van der Waals surface area contributed by atoms with E-state index in [4.69, 9.17) is 26.8 Å². The highest BCUT2D eigenvalue weighted by atomic mass is 35.5. The molecule has 0 aromatic heterocycles. The third-order valence-electron chi connectivity index (χ3n) is 3.69. The molecule has 0 aliphatic heterocycles. The van der Waals surface area contributed by atoms with Gasteiger partial charge in [-0.1, -0.05) is 48.9 Å². The van der Waals surface area contributed by atoms with E-state index in [0.29, 0.717) is 41.8 Å². The topological polar surface area (TPSA) is 73.6 Å². The summed E-state index contributed by atoms with van der Waals surface area (Å²) in [4.78, 5) is 12.4. The van der Waals surface area contributed by atoms with Crippen molar-refractivity contribution in [3.05, 3.63) is 58.6 Å². The van der Waals surface area contributed by atoms with E-state index < -0.39 is 0 Å². The summed E-state index contributed by atoms with van der Waals surface area (Å²) in [6.07, 6.45) is 0. The van der Waals surface area contributed by atoms with Crippen molar-refractivity contribution in [2.45, 2.75) is 13.5 Å². The van der Waals surface area contributed by atoms with Crippen LogP contribution in [0.5, 0.6) is 5.75 Å². The van der Waals surface area contributed by atoms with Crippen molar-refractivity contribution >= 4 is 23.2 Å². The zero-order valence-electron chi connectivity index (χ0n) is 14.4. The highest BCUT2D eigenvalue weighted by molar-refractivity contribution is 6.33. The van der Waals surface area contributed by atoms with E-state index in [-0.39, 0.29) is 11.8 Å². The lowest BCUT2D eigenvalue weighted by Gasteiger charge is -2.15. The van der Waals surface area contributed by atoms with Gasteiger partial charge in [-0.15, -0.1) is 0 Å². The summed E-state index contributed by atoms with van der Waals surface area (Å²) in [6.45, 7) is 3.60. The molecule has 0 saturated heterocycles. The van der Waals surface area contributed by atoms with Gasteiger partial charge in [0.15, 0.2) is 0 Å². The van der Waals surface area contributed by atoms with Crippen LogP contribution in [0.4, 0.5) is 5.69 Å². The zero-order chi connectivity index (χ0) is 18.2. The average Bonchev–Trinajstić information content (AvgIpc) is 2.62. The number of amides is 1. The molecule has 5 nitrogen and oxygen atoms in total. The number of benzene rings is 2. The second-order valence-corrected chi connectivity index (χ2v) is 6.30. The van der Waals surface area contributed by atoms with Crippen LogP contribution in [-0.4, -0.2) is 26.2 Å². The van der Waals surface area contributed by atoms with E-state index in [9.17, 15) is 4.79 Å². The molecule has 0 fully saturated rings. The summed E-state index contributed by atoms with van der Waals surface area (Å²) in [5, 5.41) is 3.19. The van der Waals surface area contributed by atoms with E-state index in [1.54, 1.807) is 6.07 Å². The van der Waals surface area contributed by atoms with Crippen molar-refractivity contribution in [2.24, 2.45) is 5.92 Å². The van der Waals surface area contributed by atoms with E-state index in [0.717, 1.165) is 5.56 Å². The van der Waals surface area contributed by atoms with Crippen LogP contribution in [-0.2, 0) is 11.3 Å². The van der Waals surface area contributed by atoms with Crippen LogP contribution in [0.3, 0.4) is 0 Å². The van der Waals surface area contributed by atoms with Gasteiger partial charge in [0.2, 0.25) is 0 Å². The van der Waals surface area contributed by atoms with Gasteiger partial charge in [-0.25, -0.2) is 0 Å². The summed E-state index contributed by atoms with van der Waals surface area (Å²) in [5.74, 6) is 0.309. The Balaban J connectivity index is 1.82. The molecule has 0 aliphatic carbocycles. The Morgan fingerprint density at radius 1 is 1.28 bits per heavy atom. The Hall–Kier alpha value is -2.24. The number of hydrogen-bond acceptors (Lipinski definition) is 4. The van der Waals surface area contributed by atoms with Crippen molar-refractivity contribution in [3.63, 3.8) is 0 Å². The van der Waals surface area contributed by atoms with E-state index in [1.165, 1.54) is 13.2 Å². The molecule has 2 rings (SSSR count). The summed E-state index contributed by atoms with van der Waals surface area (Å²) in [7, 11) is 1.49. The third-order valence-corrected chi connectivity index (χ3v) is 4.02. The molecule has 3 N–H and O–H groups in total. The fraction of sp³-hybridized carbons (Fsp3) is 0.316. The molecule has 2 aromatic rings. The highest BCUT2D eigenvalue weighted by Crippen LogP contribution is 2.28. The Morgan fingerprint density at radius 2 is 2.00 bits per heavy atom. The lowest BCUT2D eigenvalue weighted by molar-refractivity contribution is 0.0842. The first-order valence-corrected chi connectivity index (χ1v) is 8.42. The quantitative estimate of drug-likeness (QED) is 0.705. The third kappa shape index (κ3) is 5.66. The minimum absolute atomic E-state index is 0.169. The largest absolute Gasteiger partial charge is 0.496 e. The molecule has 0 saturated carbocycles. The van der Waals surface area contributed by atoms with Crippen LogP contribution in [0.15, 0.2) is 42.5 Å². The maximum Gasteiger partial charge on any atom is 0.255 e. The molecule has 1 unspecified atom stereocenters. The predicted molar refractivity (Wildman–Crippen MR) is 100 cm³/mol. The van der Waals surface area contributed by atoms with Gasteiger partial charge in [0, 0.05) is 12.6 Å². The van der Waals surface area contributed by atoms with Crippen LogP contribution in [0.25, 0.3) is 0 Å². The first-order valence-electron chi connectivity index (χ1n) is 8.04. The van der Waals surface area contributed by atoms with E-state index in [2.05, 4.69) is 5.32 Å². The van der Waals surface area contributed by atoms with Crippen molar-refractivity contribution in [3.8, 4) is 5.75 Å². The summed E-state index contributed by atoms with van der Waals surface area (Å²) < 4.78 is 10.9. The van der Waals surface area contributed by atoms with Crippen LogP contribution >= 0.6 is 11.6 Å². The van der Waals surface area contributed by atoms with Gasteiger partial charge in [-0.3, -0.25) is 4.79 Å². The summed E-state index contributed by atoms with van der Waals surface area (Å²) in [5.41, 5.74) is 7.59. The number of methoxy groups -OCH3 is 1. The molecule has 2 aromatic carbocycles. The lowest BCUT2D eigenvalue weighted by atomic mass is 10.1. The summed E-state index contributed by atoms with van der Waals surface area (Å²) in [6, 6.07) is 13.0. The van der Waals surface area contributed by atoms with Gasteiger partial charge in [0.1, 0.15) is 5.75 Å². The lowest BCUT2D eigenvalue weighted by Crippen LogP contribution is -2.30. The number of rotatable bonds is 8. The highest BCUT2D eigenvalue weighted by Gasteiger charge is 2.15. The Kier molecular flexibility index (Phi) is 7.10. The standard InChI is InChI=1S/C19H23ClN2O3/c1-13(11-25-12-14-6-4-3-5-7-14)10-22-19(23)15-8-16(20)17(21)9-18(15)24-2/h3-9,13H,10-12,21H2,1-2H3,(H,22,23). The molecular weight excluding hydrogens is 340 g/mol. The molecule has 0 radical (unpaired) electrons. The van der Waals surface area contributed by atoms with Gasteiger partial charge in [-0.05, 0) is 17.5 Å². The van der Waals surface area contributed by atoms with Gasteiger partial charge < -0.3 is 20.5 Å². The molecule has 0 bridgehead atoms. The summed E-state index contributed by atoms with van der Waals surface area (Å²) >= 11 is 6.00.